The summed E-state index contributed by atoms with van der Waals surface area (Å²) in [6, 6.07) is 1.61. The molecule has 3 rings (SSSR count). The number of H-pyrrole nitrogens is 1. The maximum absolute atomic E-state index is 13.0. The van der Waals surface area contributed by atoms with Crippen LogP contribution in [0.2, 0.25) is 0 Å². The Bertz CT molecular complexity index is 1090. The van der Waals surface area contributed by atoms with Gasteiger partial charge in [-0.2, -0.15) is 0 Å². The van der Waals surface area contributed by atoms with Crippen LogP contribution in [0.4, 0.5) is 0 Å². The number of fused-ring (bicyclic) bond motifs is 1. The molecular weight excluding hydrogens is 410 g/mol. The van der Waals surface area contributed by atoms with E-state index in [9.17, 15) is 19.2 Å². The number of hydrogen-bond acceptors (Lipinski definition) is 5. The lowest BCUT2D eigenvalue weighted by atomic mass is 10.0. The lowest BCUT2D eigenvalue weighted by molar-refractivity contribution is -0.131. The van der Waals surface area contributed by atoms with Gasteiger partial charge in [-0.15, -0.1) is 0 Å². The Kier molecular flexibility index (Phi) is 7.82. The van der Waals surface area contributed by atoms with E-state index < -0.39 is 17.2 Å². The van der Waals surface area contributed by atoms with E-state index >= 15 is 0 Å². The summed E-state index contributed by atoms with van der Waals surface area (Å²) >= 11 is 0. The fourth-order valence-electron chi connectivity index (χ4n) is 4.06. The molecule has 0 atom stereocenters. The quantitative estimate of drug-likeness (QED) is 0.680. The summed E-state index contributed by atoms with van der Waals surface area (Å²) in [7, 11) is 0. The summed E-state index contributed by atoms with van der Waals surface area (Å²) in [6.45, 7) is 7.89. The molecule has 0 saturated carbocycles. The van der Waals surface area contributed by atoms with Crippen molar-refractivity contribution in [2.24, 2.45) is 0 Å². The molecule has 0 aromatic carbocycles. The van der Waals surface area contributed by atoms with Gasteiger partial charge < -0.3 is 10.2 Å². The fourth-order valence-corrected chi connectivity index (χ4v) is 4.06. The van der Waals surface area contributed by atoms with Crippen molar-refractivity contribution in [3.8, 4) is 0 Å². The number of aromatic nitrogens is 3. The smallest absolute Gasteiger partial charge is 0.329 e. The predicted molar refractivity (Wildman–Crippen MR) is 123 cm³/mol. The zero-order chi connectivity index (χ0) is 23.3. The van der Waals surface area contributed by atoms with Gasteiger partial charge in [0.05, 0.1) is 10.9 Å². The van der Waals surface area contributed by atoms with E-state index in [2.05, 4.69) is 15.3 Å². The maximum atomic E-state index is 13.0. The molecule has 1 fully saturated rings. The Morgan fingerprint density at radius 1 is 1.16 bits per heavy atom. The second-order valence-electron chi connectivity index (χ2n) is 8.66. The molecule has 2 aromatic heterocycles. The van der Waals surface area contributed by atoms with Gasteiger partial charge >= 0.3 is 5.69 Å². The molecule has 1 aliphatic heterocycles. The lowest BCUT2D eigenvalue weighted by Crippen LogP contribution is -2.36. The zero-order valence-corrected chi connectivity index (χ0v) is 19.2. The van der Waals surface area contributed by atoms with Crippen LogP contribution in [0.1, 0.15) is 81.3 Å². The van der Waals surface area contributed by atoms with Gasteiger partial charge in [0.2, 0.25) is 5.91 Å². The van der Waals surface area contributed by atoms with Gasteiger partial charge in [-0.3, -0.25) is 23.9 Å². The third kappa shape index (κ3) is 5.26. The normalized spacial score (nSPS) is 14.6. The molecule has 0 spiro atoms. The number of nitrogens with one attached hydrogen (secondary N) is 2. The number of nitrogens with zero attached hydrogens (tertiary/aromatic N) is 3. The first kappa shape index (κ1) is 23.7. The number of aryl methyl sites for hydroxylation is 1. The number of aromatic amines is 1. The summed E-state index contributed by atoms with van der Waals surface area (Å²) in [6.07, 6.45) is 5.21. The van der Waals surface area contributed by atoms with Crippen LogP contribution in [-0.4, -0.2) is 50.9 Å². The Balaban J connectivity index is 1.87. The Morgan fingerprint density at radius 2 is 1.84 bits per heavy atom. The molecule has 2 N–H and O–H groups in total. The third-order valence-corrected chi connectivity index (χ3v) is 5.84. The number of carbonyl (C=O) groups excluding carboxylic acids is 2. The minimum atomic E-state index is -0.633. The molecular formula is C23H33N5O4. The van der Waals surface area contributed by atoms with Crippen LogP contribution >= 0.6 is 0 Å². The van der Waals surface area contributed by atoms with Crippen LogP contribution in [0.5, 0.6) is 0 Å². The van der Waals surface area contributed by atoms with E-state index in [0.29, 0.717) is 18.7 Å². The fraction of sp³-hybridized carbons (Fsp3) is 0.609. The number of amides is 2. The molecule has 9 nitrogen and oxygen atoms in total. The van der Waals surface area contributed by atoms with Crippen LogP contribution < -0.4 is 16.6 Å². The monoisotopic (exact) mass is 443 g/mol. The van der Waals surface area contributed by atoms with E-state index in [1.165, 1.54) is 4.57 Å². The van der Waals surface area contributed by atoms with Crippen LogP contribution in [0.25, 0.3) is 11.0 Å². The molecule has 1 aliphatic rings. The maximum Gasteiger partial charge on any atom is 0.329 e. The van der Waals surface area contributed by atoms with Gasteiger partial charge in [-0.05, 0) is 31.2 Å². The van der Waals surface area contributed by atoms with Crippen LogP contribution in [0.3, 0.4) is 0 Å². The minimum absolute atomic E-state index is 0.0000283. The van der Waals surface area contributed by atoms with Crippen molar-refractivity contribution in [1.29, 1.82) is 0 Å². The molecule has 9 heteroatoms. The van der Waals surface area contributed by atoms with Gasteiger partial charge in [-0.25, -0.2) is 9.78 Å². The van der Waals surface area contributed by atoms with Crippen molar-refractivity contribution in [2.45, 2.75) is 71.8 Å². The highest BCUT2D eigenvalue weighted by Gasteiger charge is 2.21. The van der Waals surface area contributed by atoms with E-state index in [1.54, 1.807) is 6.07 Å². The highest BCUT2D eigenvalue weighted by atomic mass is 16.2. The van der Waals surface area contributed by atoms with Crippen LogP contribution in [0.15, 0.2) is 15.7 Å². The number of rotatable bonds is 7. The first-order valence-electron chi connectivity index (χ1n) is 11.6. The first-order chi connectivity index (χ1) is 15.3. The average molecular weight is 444 g/mol. The van der Waals surface area contributed by atoms with E-state index in [-0.39, 0.29) is 41.4 Å². The van der Waals surface area contributed by atoms with Gasteiger partial charge in [-0.1, -0.05) is 33.6 Å². The highest BCUT2D eigenvalue weighted by Crippen LogP contribution is 2.20. The van der Waals surface area contributed by atoms with Gasteiger partial charge in [0, 0.05) is 38.3 Å². The minimum Gasteiger partial charge on any atom is -0.351 e. The molecule has 32 heavy (non-hydrogen) atoms. The summed E-state index contributed by atoms with van der Waals surface area (Å²) < 4.78 is 1.41. The van der Waals surface area contributed by atoms with Crippen molar-refractivity contribution >= 4 is 22.8 Å². The molecule has 0 bridgehead atoms. The van der Waals surface area contributed by atoms with Crippen molar-refractivity contribution < 1.29 is 9.59 Å². The van der Waals surface area contributed by atoms with Crippen molar-refractivity contribution in [2.75, 3.05) is 19.6 Å². The molecule has 0 aliphatic carbocycles. The van der Waals surface area contributed by atoms with Crippen molar-refractivity contribution in [3.63, 3.8) is 0 Å². The third-order valence-electron chi connectivity index (χ3n) is 5.84. The average Bonchev–Trinajstić information content (AvgIpc) is 3.05. The van der Waals surface area contributed by atoms with Crippen molar-refractivity contribution in [3.05, 3.63) is 38.2 Å². The first-order valence-corrected chi connectivity index (χ1v) is 11.6. The summed E-state index contributed by atoms with van der Waals surface area (Å²) in [5.74, 6) is -0.417. The number of carbonyl (C=O) groups is 2. The number of hydrogen-bond donors (Lipinski definition) is 2. The number of pyridine rings is 1. The van der Waals surface area contributed by atoms with Crippen LogP contribution in [0, 0.1) is 0 Å². The summed E-state index contributed by atoms with van der Waals surface area (Å²) in [5.41, 5.74) is -0.152. The molecule has 2 aromatic rings. The Labute approximate surface area is 187 Å². The standard InChI is InChI=1S/C23H33N5O4/c1-4-11-28-20-19(22(31)26-23(28)32)16(14-17(25-20)15(2)3)21(30)24-10-9-18(29)27-12-7-5-6-8-13-27/h14-15H,4-13H2,1-3H3,(H,24,30)(H,26,31,32). The Morgan fingerprint density at radius 3 is 2.47 bits per heavy atom. The molecule has 3 heterocycles. The largest absolute Gasteiger partial charge is 0.351 e. The van der Waals surface area contributed by atoms with Gasteiger partial charge in [0.25, 0.3) is 11.5 Å². The molecule has 2 amide bonds. The van der Waals surface area contributed by atoms with E-state index in [4.69, 9.17) is 0 Å². The van der Waals surface area contributed by atoms with E-state index in [0.717, 1.165) is 38.8 Å². The topological polar surface area (TPSA) is 117 Å². The SMILES string of the molecule is CCCn1c(=O)[nH]c(=O)c2c(C(=O)NCCC(=O)N3CCCCCC3)cc(C(C)C)nc21. The Hall–Kier alpha value is -2.97. The van der Waals surface area contributed by atoms with Crippen LogP contribution in [-0.2, 0) is 11.3 Å². The van der Waals surface area contributed by atoms with Gasteiger partial charge in [0.15, 0.2) is 5.65 Å². The molecule has 174 valence electrons. The highest BCUT2D eigenvalue weighted by molar-refractivity contribution is 6.05. The second-order valence-corrected chi connectivity index (χ2v) is 8.66. The summed E-state index contributed by atoms with van der Waals surface area (Å²) in [4.78, 5) is 59.3. The number of likely N-dealkylation sites (tertiary alicyclic amines) is 1. The summed E-state index contributed by atoms with van der Waals surface area (Å²) in [5, 5.41) is 2.88. The van der Waals surface area contributed by atoms with E-state index in [1.807, 2.05) is 25.7 Å². The van der Waals surface area contributed by atoms with Gasteiger partial charge in [0.1, 0.15) is 0 Å². The molecule has 0 radical (unpaired) electrons. The molecule has 0 unspecified atom stereocenters. The predicted octanol–water partition coefficient (Wildman–Crippen LogP) is 2.14. The van der Waals surface area contributed by atoms with Crippen molar-refractivity contribution in [1.82, 2.24) is 24.8 Å². The molecule has 1 saturated heterocycles. The second kappa shape index (κ2) is 10.6. The zero-order valence-electron chi connectivity index (χ0n) is 19.2. The lowest BCUT2D eigenvalue weighted by Gasteiger charge is -2.20.